The Bertz CT molecular complexity index is 1890. The van der Waals surface area contributed by atoms with Gasteiger partial charge in [0.1, 0.15) is 5.44 Å². The van der Waals surface area contributed by atoms with Crippen LogP contribution in [0.25, 0.3) is 43.4 Å². The van der Waals surface area contributed by atoms with Gasteiger partial charge in [-0.15, -0.1) is 0 Å². The molecule has 0 N–H and O–H groups in total. The summed E-state index contributed by atoms with van der Waals surface area (Å²) >= 11 is 0. The van der Waals surface area contributed by atoms with Crippen molar-refractivity contribution in [1.82, 2.24) is 4.98 Å². The van der Waals surface area contributed by atoms with E-state index in [-0.39, 0.29) is 0 Å². The molecule has 7 aromatic rings. The Morgan fingerprint density at radius 1 is 0.447 bits per heavy atom. The maximum absolute atomic E-state index is 14.7. The zero-order valence-electron chi connectivity index (χ0n) is 20.7. The average molecular weight is 506 g/mol. The Balaban J connectivity index is 1.45. The molecule has 2 nitrogen and oxygen atoms in total. The van der Waals surface area contributed by atoms with E-state index in [0.717, 1.165) is 21.7 Å². The highest BCUT2D eigenvalue weighted by atomic mass is 31.2. The summed E-state index contributed by atoms with van der Waals surface area (Å²) < 4.78 is 14.7. The van der Waals surface area contributed by atoms with E-state index < -0.39 is 7.14 Å². The van der Waals surface area contributed by atoms with Crippen LogP contribution in [0.3, 0.4) is 0 Å². The molecule has 1 heterocycles. The van der Waals surface area contributed by atoms with Crippen molar-refractivity contribution in [1.29, 1.82) is 0 Å². The van der Waals surface area contributed by atoms with Crippen molar-refractivity contribution in [2.45, 2.75) is 0 Å². The van der Waals surface area contributed by atoms with Crippen molar-refractivity contribution in [2.75, 3.05) is 0 Å². The second-order valence-corrected chi connectivity index (χ2v) is 12.2. The molecule has 0 radical (unpaired) electrons. The van der Waals surface area contributed by atoms with Gasteiger partial charge in [-0.05, 0) is 43.9 Å². The summed E-state index contributed by atoms with van der Waals surface area (Å²) in [5, 5.41) is 8.97. The first-order valence-electron chi connectivity index (χ1n) is 12.8. The maximum Gasteiger partial charge on any atom is 0.188 e. The fraction of sp³-hybridized carbons (Fsp3) is 0. The van der Waals surface area contributed by atoms with E-state index in [1.54, 1.807) is 0 Å². The van der Waals surface area contributed by atoms with Crippen molar-refractivity contribution in [3.63, 3.8) is 0 Å². The Hall–Kier alpha value is -4.52. The number of hydrogen-bond acceptors (Lipinski definition) is 2. The van der Waals surface area contributed by atoms with Gasteiger partial charge >= 0.3 is 0 Å². The number of fused-ring (bicyclic) bond motifs is 6. The lowest BCUT2D eigenvalue weighted by Gasteiger charge is -2.19. The molecular formula is C35H24NOP. The van der Waals surface area contributed by atoms with E-state index in [4.69, 9.17) is 4.98 Å². The molecule has 0 spiro atoms. The molecule has 0 aliphatic heterocycles. The molecule has 7 rings (SSSR count). The van der Waals surface area contributed by atoms with Crippen LogP contribution in [-0.4, -0.2) is 4.98 Å². The number of rotatable bonds is 4. The van der Waals surface area contributed by atoms with Gasteiger partial charge in [0.05, 0.1) is 0 Å². The highest BCUT2D eigenvalue weighted by Gasteiger charge is 2.31. The molecule has 180 valence electrons. The Kier molecular flexibility index (Phi) is 5.43. The van der Waals surface area contributed by atoms with Gasteiger partial charge in [-0.25, -0.2) is 0 Å². The maximum atomic E-state index is 14.7. The van der Waals surface area contributed by atoms with Gasteiger partial charge in [0.25, 0.3) is 0 Å². The highest BCUT2D eigenvalue weighted by Crippen LogP contribution is 2.43. The number of aromatic nitrogens is 1. The van der Waals surface area contributed by atoms with Crippen LogP contribution < -0.4 is 16.0 Å². The lowest BCUT2D eigenvalue weighted by Crippen LogP contribution is -2.26. The summed E-state index contributed by atoms with van der Waals surface area (Å²) in [6.45, 7) is 0. The number of benzene rings is 6. The fourth-order valence-electron chi connectivity index (χ4n) is 5.62. The molecule has 0 bridgehead atoms. The lowest BCUT2D eigenvalue weighted by atomic mass is 9.90. The average Bonchev–Trinajstić information content (AvgIpc) is 3.01. The summed E-state index contributed by atoms with van der Waals surface area (Å²) in [6.07, 6.45) is 1.88. The smallest absolute Gasteiger partial charge is 0.188 e. The van der Waals surface area contributed by atoms with Crippen molar-refractivity contribution in [3.05, 3.63) is 146 Å². The second kappa shape index (κ2) is 9.10. The monoisotopic (exact) mass is 505 g/mol. The first-order chi connectivity index (χ1) is 18.7. The molecule has 6 aromatic carbocycles. The van der Waals surface area contributed by atoms with E-state index in [2.05, 4.69) is 72.8 Å². The zero-order valence-corrected chi connectivity index (χ0v) is 21.6. The summed E-state index contributed by atoms with van der Waals surface area (Å²) in [4.78, 5) is 4.87. The van der Waals surface area contributed by atoms with Crippen LogP contribution in [0.1, 0.15) is 0 Å². The van der Waals surface area contributed by atoms with Crippen LogP contribution in [0, 0.1) is 0 Å². The number of hydrogen-bond donors (Lipinski definition) is 0. The quantitative estimate of drug-likeness (QED) is 0.180. The molecule has 0 amide bonds. The topological polar surface area (TPSA) is 30.0 Å². The summed E-state index contributed by atoms with van der Waals surface area (Å²) in [6, 6.07) is 47.1. The van der Waals surface area contributed by atoms with E-state index >= 15 is 0 Å². The van der Waals surface area contributed by atoms with Crippen molar-refractivity contribution in [2.24, 2.45) is 0 Å². The zero-order chi connectivity index (χ0) is 25.5. The number of nitrogens with zero attached hydrogens (tertiary/aromatic N) is 1. The summed E-state index contributed by atoms with van der Waals surface area (Å²) in [5.41, 5.74) is 2.72. The summed E-state index contributed by atoms with van der Waals surface area (Å²) in [5.74, 6) is 0. The molecule has 0 atom stereocenters. The first-order valence-corrected chi connectivity index (χ1v) is 14.5. The Labute approximate surface area is 221 Å². The third-order valence-corrected chi connectivity index (χ3v) is 10.3. The van der Waals surface area contributed by atoms with E-state index in [1.165, 1.54) is 32.3 Å². The molecule has 0 unspecified atom stereocenters. The van der Waals surface area contributed by atoms with Gasteiger partial charge in [0.2, 0.25) is 0 Å². The third kappa shape index (κ3) is 3.49. The van der Waals surface area contributed by atoms with Crippen LogP contribution in [0.2, 0.25) is 0 Å². The molecule has 0 aliphatic carbocycles. The minimum absolute atomic E-state index is 0.592. The standard InChI is InChI=1S/C35H24NOP/c37-38(26-12-3-1-4-13-26,27-14-5-2-6-15-27)34-23-22-25(24-36-34)28-20-11-21-33-31-17-8-7-16-29(31)30-18-9-10-19-32(30)35(28)33/h1-24H. The van der Waals surface area contributed by atoms with Crippen LogP contribution in [0.5, 0.6) is 0 Å². The fourth-order valence-corrected chi connectivity index (χ4v) is 8.13. The molecule has 3 heteroatoms. The van der Waals surface area contributed by atoms with Gasteiger partial charge < -0.3 is 4.57 Å². The normalized spacial score (nSPS) is 11.8. The van der Waals surface area contributed by atoms with Crippen molar-refractivity contribution < 1.29 is 4.57 Å². The predicted octanol–water partition coefficient (Wildman–Crippen LogP) is 7.85. The van der Waals surface area contributed by atoms with Gasteiger partial charge in [0.15, 0.2) is 7.14 Å². The van der Waals surface area contributed by atoms with Crippen LogP contribution in [-0.2, 0) is 4.57 Å². The molecule has 0 saturated heterocycles. The van der Waals surface area contributed by atoms with E-state index in [0.29, 0.717) is 5.44 Å². The van der Waals surface area contributed by atoms with Crippen LogP contribution in [0.15, 0.2) is 146 Å². The van der Waals surface area contributed by atoms with Crippen LogP contribution in [0.4, 0.5) is 0 Å². The minimum Gasteiger partial charge on any atom is -0.307 e. The van der Waals surface area contributed by atoms with Gasteiger partial charge in [-0.1, -0.05) is 133 Å². The largest absolute Gasteiger partial charge is 0.307 e. The van der Waals surface area contributed by atoms with E-state index in [1.807, 2.05) is 72.9 Å². The van der Waals surface area contributed by atoms with Gasteiger partial charge in [0, 0.05) is 22.4 Å². The molecule has 0 aliphatic rings. The van der Waals surface area contributed by atoms with Crippen molar-refractivity contribution in [3.8, 4) is 11.1 Å². The summed E-state index contributed by atoms with van der Waals surface area (Å²) in [7, 11) is -3.12. The highest BCUT2D eigenvalue weighted by molar-refractivity contribution is 7.85. The minimum atomic E-state index is -3.12. The number of pyridine rings is 1. The van der Waals surface area contributed by atoms with E-state index in [9.17, 15) is 4.57 Å². The second-order valence-electron chi connectivity index (χ2n) is 9.50. The first kappa shape index (κ1) is 22.7. The predicted molar refractivity (Wildman–Crippen MR) is 162 cm³/mol. The molecule has 38 heavy (non-hydrogen) atoms. The van der Waals surface area contributed by atoms with Gasteiger partial charge in [-0.3, -0.25) is 4.98 Å². The van der Waals surface area contributed by atoms with Crippen molar-refractivity contribution >= 4 is 55.5 Å². The Morgan fingerprint density at radius 2 is 0.921 bits per heavy atom. The molecular weight excluding hydrogens is 481 g/mol. The lowest BCUT2D eigenvalue weighted by molar-refractivity contribution is 0.592. The molecule has 0 fully saturated rings. The molecule has 0 saturated carbocycles. The SMILES string of the molecule is O=P(c1ccccc1)(c1ccccc1)c1ccc(-c2cccc3c4ccccc4c4ccccc4c23)cn1. The van der Waals surface area contributed by atoms with Gasteiger partial charge in [-0.2, -0.15) is 0 Å². The molecule has 1 aromatic heterocycles. The van der Waals surface area contributed by atoms with Crippen LogP contribution >= 0.6 is 7.14 Å². The third-order valence-electron chi connectivity index (χ3n) is 7.39. The Morgan fingerprint density at radius 3 is 1.45 bits per heavy atom.